The number of hydrogen-bond acceptors (Lipinski definition) is 7. The molecule has 2 aliphatic carbocycles. The number of anilines is 1. The molecule has 9 heteroatoms. The van der Waals surface area contributed by atoms with Crippen LogP contribution in [0.25, 0.3) is 0 Å². The first-order valence-electron chi connectivity index (χ1n) is 12.6. The largest absolute Gasteiger partial charge is 0.472 e. The second-order valence-electron chi connectivity index (χ2n) is 10.2. The van der Waals surface area contributed by atoms with Crippen LogP contribution in [0.4, 0.5) is 5.95 Å². The Hall–Kier alpha value is -2.42. The van der Waals surface area contributed by atoms with E-state index in [9.17, 15) is 15.0 Å². The molecule has 1 aromatic heterocycles. The van der Waals surface area contributed by atoms with Crippen LogP contribution < -0.4 is 15.0 Å². The lowest BCUT2D eigenvalue weighted by Gasteiger charge is -2.32. The highest BCUT2D eigenvalue weighted by Crippen LogP contribution is 2.53. The van der Waals surface area contributed by atoms with Crippen LogP contribution in [0.1, 0.15) is 72.9 Å². The van der Waals surface area contributed by atoms with Crippen LogP contribution in [-0.2, 0) is 13.2 Å². The third kappa shape index (κ3) is 5.71. The number of halogens is 1. The molecule has 2 aromatic rings. The smallest absolute Gasteiger partial charge is 0.258 e. The molecule has 0 unspecified atom stereocenters. The molecule has 0 radical (unpaired) electrons. The van der Waals surface area contributed by atoms with Gasteiger partial charge >= 0.3 is 0 Å². The van der Waals surface area contributed by atoms with Gasteiger partial charge in [0.25, 0.3) is 5.91 Å². The number of carbonyl (C=O) groups excluding carboxylic acids is 1. The van der Waals surface area contributed by atoms with Gasteiger partial charge in [-0.05, 0) is 74.0 Å². The van der Waals surface area contributed by atoms with Crippen molar-refractivity contribution in [1.82, 2.24) is 15.3 Å². The number of aliphatic hydroxyl groups excluding tert-OH is 2. The second kappa shape index (κ2) is 10.3. The average molecular weight is 501 g/mol. The Morgan fingerprint density at radius 2 is 1.91 bits per heavy atom. The van der Waals surface area contributed by atoms with Crippen LogP contribution >= 0.6 is 11.6 Å². The minimum Gasteiger partial charge on any atom is -0.472 e. The van der Waals surface area contributed by atoms with Gasteiger partial charge in [-0.25, -0.2) is 4.98 Å². The average Bonchev–Trinajstić information content (AvgIpc) is 3.63. The minimum atomic E-state index is -0.284. The van der Waals surface area contributed by atoms with Crippen molar-refractivity contribution in [3.8, 4) is 5.88 Å². The Bertz CT molecular complexity index is 1060. The summed E-state index contributed by atoms with van der Waals surface area (Å²) >= 11 is 6.24. The first-order chi connectivity index (χ1) is 16.9. The summed E-state index contributed by atoms with van der Waals surface area (Å²) in [5.41, 5.74) is 2.31. The number of nitrogens with one attached hydrogen (secondary N) is 1. The van der Waals surface area contributed by atoms with Gasteiger partial charge in [-0.1, -0.05) is 23.7 Å². The zero-order valence-electron chi connectivity index (χ0n) is 19.9. The predicted molar refractivity (Wildman–Crippen MR) is 133 cm³/mol. The zero-order valence-corrected chi connectivity index (χ0v) is 20.6. The number of benzene rings is 1. The molecule has 5 rings (SSSR count). The summed E-state index contributed by atoms with van der Waals surface area (Å²) in [7, 11) is 0. The molecule has 188 valence electrons. The van der Waals surface area contributed by atoms with E-state index >= 15 is 0 Å². The van der Waals surface area contributed by atoms with Crippen molar-refractivity contribution in [1.29, 1.82) is 0 Å². The molecule has 1 spiro atoms. The Morgan fingerprint density at radius 3 is 2.57 bits per heavy atom. The molecule has 1 amide bonds. The van der Waals surface area contributed by atoms with Crippen molar-refractivity contribution in [3.05, 3.63) is 46.1 Å². The highest BCUT2D eigenvalue weighted by Gasteiger charge is 2.44. The van der Waals surface area contributed by atoms with Gasteiger partial charge in [-0.15, -0.1) is 0 Å². The van der Waals surface area contributed by atoms with Crippen LogP contribution in [0.3, 0.4) is 0 Å². The fourth-order valence-corrected chi connectivity index (χ4v) is 5.34. The zero-order chi connectivity index (χ0) is 24.4. The van der Waals surface area contributed by atoms with Gasteiger partial charge in [-0.2, -0.15) is 4.98 Å². The van der Waals surface area contributed by atoms with Crippen molar-refractivity contribution in [2.75, 3.05) is 18.0 Å². The molecule has 35 heavy (non-hydrogen) atoms. The van der Waals surface area contributed by atoms with Crippen molar-refractivity contribution < 1.29 is 19.7 Å². The molecule has 2 heterocycles. The van der Waals surface area contributed by atoms with E-state index in [1.807, 2.05) is 6.07 Å². The minimum absolute atomic E-state index is 0.0140. The summed E-state index contributed by atoms with van der Waals surface area (Å²) in [6, 6.07) is 5.37. The second-order valence-corrected chi connectivity index (χ2v) is 10.6. The number of hydrogen-bond donors (Lipinski definition) is 3. The number of nitrogens with zero attached hydrogens (tertiary/aromatic N) is 3. The number of aliphatic hydroxyl groups is 2. The number of rotatable bonds is 7. The third-order valence-electron chi connectivity index (χ3n) is 7.75. The Morgan fingerprint density at radius 1 is 1.17 bits per heavy atom. The van der Waals surface area contributed by atoms with Gasteiger partial charge in [0, 0.05) is 30.4 Å². The van der Waals surface area contributed by atoms with E-state index in [2.05, 4.69) is 20.2 Å². The summed E-state index contributed by atoms with van der Waals surface area (Å²) < 4.78 is 6.06. The van der Waals surface area contributed by atoms with E-state index in [0.717, 1.165) is 44.3 Å². The summed E-state index contributed by atoms with van der Waals surface area (Å²) in [5.74, 6) is 0.566. The molecule has 3 fully saturated rings. The van der Waals surface area contributed by atoms with Crippen molar-refractivity contribution in [2.24, 2.45) is 5.41 Å². The first-order valence-corrected chi connectivity index (χ1v) is 12.9. The molecule has 1 aliphatic heterocycles. The van der Waals surface area contributed by atoms with Gasteiger partial charge < -0.3 is 25.2 Å². The number of piperidine rings is 1. The summed E-state index contributed by atoms with van der Waals surface area (Å²) in [6.45, 7) is 1.87. The summed E-state index contributed by atoms with van der Waals surface area (Å²) in [5, 5.41) is 22.7. The van der Waals surface area contributed by atoms with Crippen LogP contribution in [0.5, 0.6) is 5.88 Å². The van der Waals surface area contributed by atoms with Crippen LogP contribution in [0, 0.1) is 5.41 Å². The van der Waals surface area contributed by atoms with Crippen LogP contribution in [0.15, 0.2) is 24.4 Å². The molecule has 0 bridgehead atoms. The van der Waals surface area contributed by atoms with Crippen molar-refractivity contribution in [2.45, 2.75) is 76.7 Å². The molecule has 3 aliphatic rings. The van der Waals surface area contributed by atoms with Gasteiger partial charge in [0.05, 0.1) is 12.7 Å². The molecule has 8 nitrogen and oxygen atoms in total. The molecule has 1 aromatic carbocycles. The van der Waals surface area contributed by atoms with E-state index in [1.165, 1.54) is 12.8 Å². The fraction of sp³-hybridized carbons (Fsp3) is 0.577. The number of amides is 1. The lowest BCUT2D eigenvalue weighted by atomic mass is 9.93. The molecular weight excluding hydrogens is 468 g/mol. The van der Waals surface area contributed by atoms with E-state index in [4.69, 9.17) is 16.3 Å². The van der Waals surface area contributed by atoms with E-state index < -0.39 is 0 Å². The predicted octanol–water partition coefficient (Wildman–Crippen LogP) is 3.62. The highest BCUT2D eigenvalue weighted by atomic mass is 35.5. The maximum absolute atomic E-state index is 13.1. The molecular formula is C26H33ClN4O4. The summed E-state index contributed by atoms with van der Waals surface area (Å²) in [4.78, 5) is 24.5. The topological polar surface area (TPSA) is 108 Å². The SMILES string of the molecule is O=C(N[C@H]1CC[C@H](O)CC1)c1cnc(N2CCC3(CC2)CC3)nc1OCc1ccc(CO)c(Cl)c1. The Balaban J connectivity index is 1.33. The lowest BCUT2D eigenvalue weighted by Crippen LogP contribution is -2.39. The van der Waals surface area contributed by atoms with Crippen molar-refractivity contribution >= 4 is 23.5 Å². The highest BCUT2D eigenvalue weighted by molar-refractivity contribution is 6.31. The quantitative estimate of drug-likeness (QED) is 0.533. The Kier molecular flexibility index (Phi) is 7.14. The van der Waals surface area contributed by atoms with E-state index in [1.54, 1.807) is 18.3 Å². The maximum Gasteiger partial charge on any atom is 0.258 e. The number of ether oxygens (including phenoxy) is 1. The normalized spacial score (nSPS) is 23.2. The number of carbonyl (C=O) groups is 1. The summed E-state index contributed by atoms with van der Waals surface area (Å²) in [6.07, 6.45) is 9.09. The monoisotopic (exact) mass is 500 g/mol. The number of aromatic nitrogens is 2. The van der Waals surface area contributed by atoms with Gasteiger partial charge in [0.2, 0.25) is 11.8 Å². The van der Waals surface area contributed by atoms with Gasteiger partial charge in [0.15, 0.2) is 0 Å². The fourth-order valence-electron chi connectivity index (χ4n) is 5.08. The third-order valence-corrected chi connectivity index (χ3v) is 8.10. The van der Waals surface area contributed by atoms with Crippen LogP contribution in [-0.4, -0.2) is 51.3 Å². The molecule has 0 atom stereocenters. The molecule has 1 saturated heterocycles. The Labute approximate surface area is 210 Å². The van der Waals surface area contributed by atoms with Gasteiger partial charge in [-0.3, -0.25) is 4.79 Å². The maximum atomic E-state index is 13.1. The van der Waals surface area contributed by atoms with Crippen LogP contribution in [0.2, 0.25) is 5.02 Å². The standard InChI is InChI=1S/C26H33ClN4O4/c27-22-13-17(1-2-18(22)15-32)16-35-24-21(23(34)29-19-3-5-20(33)6-4-19)14-28-25(30-24)31-11-9-26(7-8-26)10-12-31/h1-2,13-14,19-20,32-33H,3-12,15-16H2,(H,29,34)/t19-,20-. The molecule has 2 saturated carbocycles. The molecule has 3 N–H and O–H groups in total. The van der Waals surface area contributed by atoms with E-state index in [-0.39, 0.29) is 37.1 Å². The van der Waals surface area contributed by atoms with E-state index in [0.29, 0.717) is 40.4 Å². The van der Waals surface area contributed by atoms with Gasteiger partial charge in [0.1, 0.15) is 12.2 Å². The first kappa shape index (κ1) is 24.3. The lowest BCUT2D eigenvalue weighted by molar-refractivity contribution is 0.0862. The van der Waals surface area contributed by atoms with Crippen molar-refractivity contribution in [3.63, 3.8) is 0 Å².